The summed E-state index contributed by atoms with van der Waals surface area (Å²) in [4.78, 5) is 4.28. The minimum absolute atomic E-state index is 0.0105. The summed E-state index contributed by atoms with van der Waals surface area (Å²) in [5.74, 6) is 0. The van der Waals surface area contributed by atoms with Gasteiger partial charge < -0.3 is 9.68 Å². The molecule has 3 rings (SSSR count). The Labute approximate surface area is 148 Å². The smallest absolute Gasteiger partial charge is 0.254 e. The van der Waals surface area contributed by atoms with E-state index in [1.54, 1.807) is 31.2 Å². The Morgan fingerprint density at radius 2 is 1.71 bits per heavy atom. The largest absolute Gasteiger partial charge is 0.744 e. The zero-order chi connectivity index (χ0) is 17.5. The van der Waals surface area contributed by atoms with Crippen LogP contribution in [0.2, 0.25) is 0 Å². The predicted molar refractivity (Wildman–Crippen MR) is 98.4 cm³/mol. The number of hydrogen-bond donors (Lipinski definition) is 0. The van der Waals surface area contributed by atoms with Gasteiger partial charge in [-0.2, -0.15) is 0 Å². The molecule has 7 heteroatoms. The van der Waals surface area contributed by atoms with E-state index < -0.39 is 10.0 Å². The highest BCUT2D eigenvalue weighted by Gasteiger charge is 2.20. The van der Waals surface area contributed by atoms with Crippen molar-refractivity contribution >= 4 is 42.5 Å². The van der Waals surface area contributed by atoms with Crippen molar-refractivity contribution in [2.75, 3.05) is 4.47 Å². The van der Waals surface area contributed by atoms with Crippen LogP contribution >= 0.6 is 15.9 Å². The van der Waals surface area contributed by atoms with Crippen molar-refractivity contribution in [2.24, 2.45) is 0 Å². The number of benzene rings is 2. The maximum absolute atomic E-state index is 12.7. The van der Waals surface area contributed by atoms with E-state index in [1.165, 1.54) is 18.2 Å². The average molecular weight is 406 g/mol. The zero-order valence-corrected chi connectivity index (χ0v) is 15.4. The summed E-state index contributed by atoms with van der Waals surface area (Å²) in [6.07, 6.45) is 0. The maximum atomic E-state index is 12.7. The molecule has 0 radical (unpaired) electrons. The number of fused-ring (bicyclic) bond motifs is 1. The van der Waals surface area contributed by atoms with Gasteiger partial charge >= 0.3 is 0 Å². The first-order valence-electron chi connectivity index (χ1n) is 7.15. The van der Waals surface area contributed by atoms with E-state index in [0.717, 1.165) is 5.56 Å². The Morgan fingerprint density at radius 3 is 2.38 bits per heavy atom. The van der Waals surface area contributed by atoms with Gasteiger partial charge in [-0.1, -0.05) is 39.7 Å². The van der Waals surface area contributed by atoms with E-state index in [0.29, 0.717) is 21.1 Å². The van der Waals surface area contributed by atoms with Gasteiger partial charge in [0.15, 0.2) is 0 Å². The number of aryl methyl sites for hydroxylation is 2. The van der Waals surface area contributed by atoms with Gasteiger partial charge in [0.1, 0.15) is 0 Å². The Hall–Kier alpha value is -1.96. The average Bonchev–Trinajstić information content (AvgIpc) is 2.54. The molecule has 1 aromatic heterocycles. The highest BCUT2D eigenvalue weighted by Crippen LogP contribution is 2.32. The number of anilines is 1. The van der Waals surface area contributed by atoms with Crippen molar-refractivity contribution in [1.29, 1.82) is 0 Å². The quantitative estimate of drug-likeness (QED) is 0.608. The highest BCUT2D eigenvalue weighted by atomic mass is 79.9. The fourth-order valence-electron chi connectivity index (χ4n) is 2.35. The lowest BCUT2D eigenvalue weighted by Crippen LogP contribution is -2.25. The molecule has 0 spiro atoms. The van der Waals surface area contributed by atoms with Crippen molar-refractivity contribution in [1.82, 2.24) is 4.98 Å². The summed E-state index contributed by atoms with van der Waals surface area (Å²) in [5, 5.41) is 13.4. The first-order valence-corrected chi connectivity index (χ1v) is 9.38. The number of aromatic nitrogens is 1. The third kappa shape index (κ3) is 3.02. The molecule has 2 aromatic carbocycles. The molecule has 0 amide bonds. The van der Waals surface area contributed by atoms with E-state index in [-0.39, 0.29) is 15.1 Å². The lowest BCUT2D eigenvalue weighted by molar-refractivity contribution is 0.596. The summed E-state index contributed by atoms with van der Waals surface area (Å²) in [6, 6.07) is 13.0. The second-order valence-electron chi connectivity index (χ2n) is 5.49. The molecular formula is C17H14BrN2O3S-. The molecular weight excluding hydrogens is 392 g/mol. The molecule has 24 heavy (non-hydrogen) atoms. The summed E-state index contributed by atoms with van der Waals surface area (Å²) in [6.45, 7) is 3.63. The SMILES string of the molecule is Cc1ccc(S(=O)(=O)N([O-])c2cc(Br)cc3ccc(C)nc23)cc1. The molecule has 0 bridgehead atoms. The van der Waals surface area contributed by atoms with Gasteiger partial charge in [0.25, 0.3) is 10.0 Å². The summed E-state index contributed by atoms with van der Waals surface area (Å²) >= 11 is 3.31. The van der Waals surface area contributed by atoms with Crippen LogP contribution in [-0.4, -0.2) is 13.4 Å². The van der Waals surface area contributed by atoms with Crippen LogP contribution < -0.4 is 4.47 Å². The number of nitrogens with zero attached hydrogens (tertiary/aromatic N) is 2. The van der Waals surface area contributed by atoms with Gasteiger partial charge in [-0.05, 0) is 44.2 Å². The van der Waals surface area contributed by atoms with E-state index in [1.807, 2.05) is 13.0 Å². The molecule has 3 aromatic rings. The summed E-state index contributed by atoms with van der Waals surface area (Å²) in [7, 11) is -4.21. The molecule has 124 valence electrons. The molecule has 0 saturated heterocycles. The van der Waals surface area contributed by atoms with Gasteiger partial charge in [-0.25, -0.2) is 8.42 Å². The number of pyridine rings is 1. The van der Waals surface area contributed by atoms with Crippen molar-refractivity contribution < 1.29 is 8.42 Å². The van der Waals surface area contributed by atoms with Gasteiger partial charge in [0.2, 0.25) is 0 Å². The molecule has 0 aliphatic carbocycles. The van der Waals surface area contributed by atoms with Crippen LogP contribution in [0.4, 0.5) is 5.69 Å². The molecule has 0 unspecified atom stereocenters. The first-order chi connectivity index (χ1) is 11.3. The van der Waals surface area contributed by atoms with Gasteiger partial charge in [-0.3, -0.25) is 4.98 Å². The van der Waals surface area contributed by atoms with Crippen molar-refractivity contribution in [3.63, 3.8) is 0 Å². The lowest BCUT2D eigenvalue weighted by Gasteiger charge is -2.30. The van der Waals surface area contributed by atoms with E-state index in [4.69, 9.17) is 0 Å². The van der Waals surface area contributed by atoms with Crippen LogP contribution in [0.1, 0.15) is 11.3 Å². The van der Waals surface area contributed by atoms with Crippen LogP contribution in [0.25, 0.3) is 10.9 Å². The minimum atomic E-state index is -4.21. The Kier molecular flexibility index (Phi) is 4.33. The number of rotatable bonds is 3. The van der Waals surface area contributed by atoms with Crippen LogP contribution in [0, 0.1) is 19.1 Å². The molecule has 5 nitrogen and oxygen atoms in total. The number of halogens is 1. The lowest BCUT2D eigenvalue weighted by atomic mass is 10.2. The molecule has 0 N–H and O–H groups in total. The number of hydrogen-bond acceptors (Lipinski definition) is 4. The summed E-state index contributed by atoms with van der Waals surface area (Å²) in [5.41, 5.74) is 1.95. The van der Waals surface area contributed by atoms with Crippen LogP contribution in [-0.2, 0) is 10.0 Å². The highest BCUT2D eigenvalue weighted by molar-refractivity contribution is 9.10. The van der Waals surface area contributed by atoms with Crippen molar-refractivity contribution in [2.45, 2.75) is 18.7 Å². The second kappa shape index (κ2) is 6.16. The van der Waals surface area contributed by atoms with Crippen molar-refractivity contribution in [3.8, 4) is 0 Å². The molecule has 0 atom stereocenters. The fourth-order valence-corrected chi connectivity index (χ4v) is 3.89. The minimum Gasteiger partial charge on any atom is -0.744 e. The fraction of sp³-hybridized carbons (Fsp3) is 0.118. The summed E-state index contributed by atoms with van der Waals surface area (Å²) < 4.78 is 26.0. The van der Waals surface area contributed by atoms with E-state index in [2.05, 4.69) is 20.9 Å². The zero-order valence-electron chi connectivity index (χ0n) is 13.0. The molecule has 0 saturated carbocycles. The van der Waals surface area contributed by atoms with Gasteiger partial charge in [0.05, 0.1) is 16.1 Å². The third-order valence-electron chi connectivity index (χ3n) is 3.61. The van der Waals surface area contributed by atoms with Crippen LogP contribution in [0.5, 0.6) is 0 Å². The normalized spacial score (nSPS) is 11.7. The van der Waals surface area contributed by atoms with E-state index in [9.17, 15) is 13.6 Å². The van der Waals surface area contributed by atoms with Gasteiger partial charge in [0, 0.05) is 15.6 Å². The molecule has 0 fully saturated rings. The van der Waals surface area contributed by atoms with Crippen LogP contribution in [0.15, 0.2) is 57.9 Å². The second-order valence-corrected chi connectivity index (χ2v) is 8.16. The monoisotopic (exact) mass is 405 g/mol. The first kappa shape index (κ1) is 16.9. The molecule has 0 aliphatic heterocycles. The van der Waals surface area contributed by atoms with Crippen LogP contribution in [0.3, 0.4) is 0 Å². The van der Waals surface area contributed by atoms with Crippen molar-refractivity contribution in [3.05, 3.63) is 69.5 Å². The maximum Gasteiger partial charge on any atom is 0.254 e. The third-order valence-corrected chi connectivity index (χ3v) is 5.57. The topological polar surface area (TPSA) is 73.3 Å². The Morgan fingerprint density at radius 1 is 1.04 bits per heavy atom. The Bertz CT molecular complexity index is 1020. The molecule has 0 aliphatic rings. The number of sulfonamides is 1. The molecule has 1 heterocycles. The standard InChI is InChI=1S/C17H14BrN2O3S/c1-11-3-7-15(8-4-11)24(22,23)20(21)16-10-14(18)9-13-6-5-12(2)19-17(13)16/h3-10H,1-2H3/q-1. The van der Waals surface area contributed by atoms with E-state index >= 15 is 0 Å². The Balaban J connectivity index is 2.19. The van der Waals surface area contributed by atoms with Gasteiger partial charge in [-0.15, -0.1) is 0 Å². The predicted octanol–water partition coefficient (Wildman–Crippen LogP) is 4.31.